The van der Waals surface area contributed by atoms with E-state index in [1.807, 2.05) is 18.2 Å². The van der Waals surface area contributed by atoms with Crippen molar-refractivity contribution in [3.8, 4) is 0 Å². The van der Waals surface area contributed by atoms with Crippen LogP contribution in [-0.2, 0) is 15.0 Å². The Morgan fingerprint density at radius 2 is 1.74 bits per heavy atom. The van der Waals surface area contributed by atoms with Gasteiger partial charge in [-0.25, -0.2) is 8.78 Å². The quantitative estimate of drug-likeness (QED) is 0.420. The number of primary amides is 1. The van der Waals surface area contributed by atoms with Gasteiger partial charge in [-0.05, 0) is 69.0 Å². The summed E-state index contributed by atoms with van der Waals surface area (Å²) in [5, 5.41) is 18.2. The maximum Gasteiger partial charge on any atom is 0.262 e. The summed E-state index contributed by atoms with van der Waals surface area (Å²) < 4.78 is 27.6. The van der Waals surface area contributed by atoms with Gasteiger partial charge in [0.1, 0.15) is 17.7 Å². The van der Waals surface area contributed by atoms with Crippen LogP contribution in [0, 0.1) is 11.6 Å². The Labute approximate surface area is 219 Å². The predicted molar refractivity (Wildman–Crippen MR) is 137 cm³/mol. The molecule has 0 radical (unpaired) electrons. The molecule has 1 aliphatic heterocycles. The Morgan fingerprint density at radius 3 is 2.32 bits per heavy atom. The van der Waals surface area contributed by atoms with E-state index in [9.17, 15) is 23.5 Å². The Balaban J connectivity index is 1.50. The van der Waals surface area contributed by atoms with E-state index < -0.39 is 41.0 Å². The molecule has 38 heavy (non-hydrogen) atoms. The molecule has 4 N–H and O–H groups in total. The van der Waals surface area contributed by atoms with Crippen LogP contribution in [-0.4, -0.2) is 57.2 Å². The lowest BCUT2D eigenvalue weighted by Crippen LogP contribution is -2.48. The van der Waals surface area contributed by atoms with Crippen molar-refractivity contribution in [1.82, 2.24) is 15.1 Å². The second-order valence-electron chi connectivity index (χ2n) is 10.2. The van der Waals surface area contributed by atoms with E-state index in [-0.39, 0.29) is 11.4 Å². The van der Waals surface area contributed by atoms with Crippen molar-refractivity contribution in [3.63, 3.8) is 0 Å². The first kappa shape index (κ1) is 26.0. The summed E-state index contributed by atoms with van der Waals surface area (Å²) in [7, 11) is 0. The third kappa shape index (κ3) is 4.93. The Bertz CT molecular complexity index is 1300. The number of rotatable bonds is 8. The standard InChI is InChI=1S/C28H31F2N5O3/c1-17(26(31)37)35(27(38)25(36)18-13-20(29)15-21(30)14-18)24-16-23(32-33-24)28(19-5-3-2-4-6-19)9-11-34(12-10-28)22-7-8-22/h2-6,13-17,22,25,36H,7-12H2,1H3,(H2,31,37)(H,32,33). The molecule has 0 spiro atoms. The molecule has 1 saturated carbocycles. The summed E-state index contributed by atoms with van der Waals surface area (Å²) in [4.78, 5) is 29.1. The number of hydrogen-bond donors (Lipinski definition) is 3. The number of benzene rings is 2. The van der Waals surface area contributed by atoms with Crippen LogP contribution >= 0.6 is 0 Å². The molecule has 3 aromatic rings. The molecule has 2 aliphatic rings. The van der Waals surface area contributed by atoms with Gasteiger partial charge in [0.2, 0.25) is 5.91 Å². The number of nitrogens with two attached hydrogens (primary N) is 1. The fraction of sp³-hybridized carbons (Fsp3) is 0.393. The molecule has 2 atom stereocenters. The fourth-order valence-corrected chi connectivity index (χ4v) is 5.50. The number of aromatic nitrogens is 2. The first-order chi connectivity index (χ1) is 18.2. The van der Waals surface area contributed by atoms with E-state index in [1.165, 1.54) is 19.8 Å². The molecular formula is C28H31F2N5O3. The predicted octanol–water partition coefficient (Wildman–Crippen LogP) is 3.17. The van der Waals surface area contributed by atoms with E-state index in [4.69, 9.17) is 5.73 Å². The number of nitrogens with one attached hydrogen (secondary N) is 1. The normalized spacial score (nSPS) is 19.1. The van der Waals surface area contributed by atoms with Crippen LogP contribution < -0.4 is 10.6 Å². The van der Waals surface area contributed by atoms with Crippen LogP contribution in [0.2, 0.25) is 0 Å². The molecule has 0 bridgehead atoms. The minimum atomic E-state index is -1.94. The van der Waals surface area contributed by atoms with Crippen LogP contribution in [0.15, 0.2) is 54.6 Å². The van der Waals surface area contributed by atoms with Crippen molar-refractivity contribution in [1.29, 1.82) is 0 Å². The maximum absolute atomic E-state index is 13.8. The summed E-state index contributed by atoms with van der Waals surface area (Å²) in [6.45, 7) is 3.24. The minimum Gasteiger partial charge on any atom is -0.378 e. The highest BCUT2D eigenvalue weighted by atomic mass is 19.1. The number of piperidine rings is 1. The van der Waals surface area contributed by atoms with Crippen molar-refractivity contribution in [2.24, 2.45) is 5.73 Å². The first-order valence-electron chi connectivity index (χ1n) is 12.8. The summed E-state index contributed by atoms with van der Waals surface area (Å²) in [6, 6.07) is 13.6. The smallest absolute Gasteiger partial charge is 0.262 e. The Hall–Kier alpha value is -3.63. The zero-order chi connectivity index (χ0) is 27.0. The molecular weight excluding hydrogens is 492 g/mol. The number of likely N-dealkylation sites (tertiary alicyclic amines) is 1. The molecule has 2 unspecified atom stereocenters. The van der Waals surface area contributed by atoms with Crippen molar-refractivity contribution < 1.29 is 23.5 Å². The third-order valence-electron chi connectivity index (χ3n) is 7.84. The number of halogens is 2. The number of anilines is 1. The van der Waals surface area contributed by atoms with Gasteiger partial charge in [-0.2, -0.15) is 5.10 Å². The molecule has 8 nitrogen and oxygen atoms in total. The molecule has 2 heterocycles. The lowest BCUT2D eigenvalue weighted by molar-refractivity contribution is -0.130. The summed E-state index contributed by atoms with van der Waals surface area (Å²) in [6.07, 6.45) is 2.18. The summed E-state index contributed by atoms with van der Waals surface area (Å²) in [5.74, 6) is -3.59. The molecule has 5 rings (SSSR count). The number of carbonyl (C=O) groups is 2. The number of hydrogen-bond acceptors (Lipinski definition) is 5. The molecule has 1 saturated heterocycles. The fourth-order valence-electron chi connectivity index (χ4n) is 5.50. The second kappa shape index (κ2) is 10.3. The van der Waals surface area contributed by atoms with E-state index >= 15 is 0 Å². The average molecular weight is 524 g/mol. The molecule has 2 amide bonds. The van der Waals surface area contributed by atoms with Gasteiger partial charge in [-0.15, -0.1) is 0 Å². The average Bonchev–Trinajstić information content (AvgIpc) is 3.65. The van der Waals surface area contributed by atoms with Gasteiger partial charge >= 0.3 is 0 Å². The number of aromatic amines is 1. The number of amides is 2. The van der Waals surface area contributed by atoms with Crippen LogP contribution in [0.5, 0.6) is 0 Å². The minimum absolute atomic E-state index is 0.0900. The monoisotopic (exact) mass is 523 g/mol. The van der Waals surface area contributed by atoms with E-state index in [0.29, 0.717) is 12.1 Å². The van der Waals surface area contributed by atoms with Crippen molar-refractivity contribution in [3.05, 3.63) is 83.1 Å². The van der Waals surface area contributed by atoms with Crippen molar-refractivity contribution in [2.75, 3.05) is 18.0 Å². The SMILES string of the molecule is CC(C(N)=O)N(C(=O)C(O)c1cc(F)cc(F)c1)c1cc(C2(c3ccccc3)CCN(C3CC3)CC2)[nH]n1. The van der Waals surface area contributed by atoms with E-state index in [0.717, 1.165) is 54.2 Å². The lowest BCUT2D eigenvalue weighted by atomic mass is 9.70. The Kier molecular flexibility index (Phi) is 7.02. The summed E-state index contributed by atoms with van der Waals surface area (Å²) in [5.41, 5.74) is 6.75. The molecule has 1 aromatic heterocycles. The zero-order valence-corrected chi connectivity index (χ0v) is 21.1. The topological polar surface area (TPSA) is 116 Å². The number of aliphatic hydroxyl groups excluding tert-OH is 1. The molecule has 2 fully saturated rings. The number of aliphatic hydroxyl groups is 1. The van der Waals surface area contributed by atoms with Crippen molar-refractivity contribution >= 4 is 17.6 Å². The van der Waals surface area contributed by atoms with Gasteiger partial charge < -0.3 is 15.7 Å². The van der Waals surface area contributed by atoms with Crippen LogP contribution in [0.3, 0.4) is 0 Å². The van der Waals surface area contributed by atoms with Gasteiger partial charge in [0, 0.05) is 29.3 Å². The van der Waals surface area contributed by atoms with Crippen LogP contribution in [0.1, 0.15) is 55.5 Å². The van der Waals surface area contributed by atoms with Gasteiger partial charge in [0.15, 0.2) is 11.9 Å². The molecule has 2 aromatic carbocycles. The van der Waals surface area contributed by atoms with Gasteiger partial charge in [-0.3, -0.25) is 19.6 Å². The second-order valence-corrected chi connectivity index (χ2v) is 10.2. The zero-order valence-electron chi connectivity index (χ0n) is 21.1. The van der Waals surface area contributed by atoms with E-state index in [2.05, 4.69) is 27.2 Å². The first-order valence-corrected chi connectivity index (χ1v) is 12.8. The van der Waals surface area contributed by atoms with Crippen LogP contribution in [0.25, 0.3) is 0 Å². The lowest BCUT2D eigenvalue weighted by Gasteiger charge is -2.42. The maximum atomic E-state index is 13.8. The number of H-pyrrole nitrogens is 1. The highest BCUT2D eigenvalue weighted by Crippen LogP contribution is 2.44. The largest absolute Gasteiger partial charge is 0.378 e. The molecule has 200 valence electrons. The third-order valence-corrected chi connectivity index (χ3v) is 7.84. The highest BCUT2D eigenvalue weighted by Gasteiger charge is 2.43. The molecule has 1 aliphatic carbocycles. The van der Waals surface area contributed by atoms with E-state index in [1.54, 1.807) is 6.07 Å². The van der Waals surface area contributed by atoms with Crippen LogP contribution in [0.4, 0.5) is 14.6 Å². The Morgan fingerprint density at radius 1 is 1.11 bits per heavy atom. The van der Waals surface area contributed by atoms with Crippen molar-refractivity contribution in [2.45, 2.75) is 56.2 Å². The van der Waals surface area contributed by atoms with Gasteiger partial charge in [-0.1, -0.05) is 30.3 Å². The number of nitrogens with zero attached hydrogens (tertiary/aromatic N) is 3. The van der Waals surface area contributed by atoms with Gasteiger partial charge in [0.25, 0.3) is 5.91 Å². The highest BCUT2D eigenvalue weighted by molar-refractivity contribution is 6.02. The summed E-state index contributed by atoms with van der Waals surface area (Å²) >= 11 is 0. The molecule has 10 heteroatoms. The van der Waals surface area contributed by atoms with Gasteiger partial charge in [0.05, 0.1) is 0 Å². The number of carbonyl (C=O) groups excluding carboxylic acids is 2.